The van der Waals surface area contributed by atoms with E-state index in [4.69, 9.17) is 0 Å². The molecular weight excluding hydrogens is 170 g/mol. The molecule has 1 aromatic heterocycles. The number of aromatic nitrogens is 1. The van der Waals surface area contributed by atoms with Crippen molar-refractivity contribution in [2.24, 2.45) is 5.41 Å². The van der Waals surface area contributed by atoms with Crippen LogP contribution in [-0.4, -0.2) is 4.98 Å². The highest BCUT2D eigenvalue weighted by Crippen LogP contribution is 2.27. The molecule has 0 aliphatic carbocycles. The highest BCUT2D eigenvalue weighted by molar-refractivity contribution is 5.03. The Kier molecular flexibility index (Phi) is 4.12. The van der Waals surface area contributed by atoms with Crippen LogP contribution < -0.4 is 0 Å². The Morgan fingerprint density at radius 3 is 2.57 bits per heavy atom. The fourth-order valence-electron chi connectivity index (χ4n) is 1.81. The maximum atomic E-state index is 4.34. The molecule has 0 aromatic carbocycles. The van der Waals surface area contributed by atoms with E-state index in [9.17, 15) is 0 Å². The van der Waals surface area contributed by atoms with Crippen molar-refractivity contribution in [3.8, 4) is 0 Å². The first-order chi connectivity index (χ1) is 6.64. The first-order valence-corrected chi connectivity index (χ1v) is 5.54. The molecule has 0 amide bonds. The Hall–Kier alpha value is -0.850. The summed E-state index contributed by atoms with van der Waals surface area (Å²) in [6.07, 6.45) is 6.79. The third-order valence-electron chi connectivity index (χ3n) is 2.71. The number of rotatable bonds is 5. The van der Waals surface area contributed by atoms with Crippen LogP contribution in [0.25, 0.3) is 0 Å². The van der Waals surface area contributed by atoms with Crippen LogP contribution in [0, 0.1) is 5.41 Å². The maximum Gasteiger partial charge on any atom is 0.0403 e. The second-order valence-electron chi connectivity index (χ2n) is 4.74. The van der Waals surface area contributed by atoms with Gasteiger partial charge in [-0.25, -0.2) is 0 Å². The van der Waals surface area contributed by atoms with Gasteiger partial charge in [-0.3, -0.25) is 4.98 Å². The van der Waals surface area contributed by atoms with Crippen LogP contribution in [0.5, 0.6) is 0 Å². The molecular formula is C13H21N. The van der Waals surface area contributed by atoms with Crippen molar-refractivity contribution >= 4 is 0 Å². The predicted molar refractivity (Wildman–Crippen MR) is 61.2 cm³/mol. The monoisotopic (exact) mass is 191 g/mol. The molecule has 1 heterocycles. The van der Waals surface area contributed by atoms with Crippen molar-refractivity contribution < 1.29 is 0 Å². The van der Waals surface area contributed by atoms with Crippen LogP contribution in [0.2, 0.25) is 0 Å². The van der Waals surface area contributed by atoms with E-state index in [1.165, 1.54) is 25.0 Å². The lowest BCUT2D eigenvalue weighted by Crippen LogP contribution is -2.12. The van der Waals surface area contributed by atoms with Crippen LogP contribution in [0.15, 0.2) is 24.4 Å². The third-order valence-corrected chi connectivity index (χ3v) is 2.71. The van der Waals surface area contributed by atoms with Crippen LogP contribution in [0.1, 0.15) is 45.7 Å². The number of pyridine rings is 1. The summed E-state index contributed by atoms with van der Waals surface area (Å²) < 4.78 is 0. The first kappa shape index (κ1) is 11.2. The summed E-state index contributed by atoms with van der Waals surface area (Å²) in [6.45, 7) is 6.95. The van der Waals surface area contributed by atoms with E-state index >= 15 is 0 Å². The minimum Gasteiger partial charge on any atom is -0.261 e. The molecule has 78 valence electrons. The van der Waals surface area contributed by atoms with E-state index in [1.54, 1.807) is 0 Å². The molecule has 0 aliphatic rings. The largest absolute Gasteiger partial charge is 0.261 e. The molecule has 0 atom stereocenters. The molecule has 0 unspecified atom stereocenters. The first-order valence-electron chi connectivity index (χ1n) is 5.54. The Balaban J connectivity index is 2.40. The zero-order chi connectivity index (χ0) is 10.4. The van der Waals surface area contributed by atoms with Gasteiger partial charge in [-0.2, -0.15) is 0 Å². The Bertz CT molecular complexity index is 251. The number of hydrogen-bond acceptors (Lipinski definition) is 1. The van der Waals surface area contributed by atoms with Gasteiger partial charge in [0.05, 0.1) is 0 Å². The molecule has 0 spiro atoms. The summed E-state index contributed by atoms with van der Waals surface area (Å²) in [5.41, 5.74) is 1.68. The third kappa shape index (κ3) is 3.91. The molecule has 0 saturated heterocycles. The number of hydrogen-bond donors (Lipinski definition) is 0. The van der Waals surface area contributed by atoms with Crippen molar-refractivity contribution in [2.45, 2.75) is 46.5 Å². The van der Waals surface area contributed by atoms with E-state index < -0.39 is 0 Å². The second-order valence-corrected chi connectivity index (χ2v) is 4.74. The van der Waals surface area contributed by atoms with E-state index in [-0.39, 0.29) is 0 Å². The molecule has 1 rings (SSSR count). The number of aryl methyl sites for hydroxylation is 1. The molecule has 0 fully saturated rings. The van der Waals surface area contributed by atoms with Gasteiger partial charge in [0, 0.05) is 11.9 Å². The summed E-state index contributed by atoms with van der Waals surface area (Å²) in [7, 11) is 0. The highest BCUT2D eigenvalue weighted by atomic mass is 14.7. The molecule has 1 heteroatoms. The maximum absolute atomic E-state index is 4.34. The van der Waals surface area contributed by atoms with Gasteiger partial charge >= 0.3 is 0 Å². The zero-order valence-electron chi connectivity index (χ0n) is 9.59. The molecule has 0 aliphatic heterocycles. The highest BCUT2D eigenvalue weighted by Gasteiger charge is 2.16. The van der Waals surface area contributed by atoms with Gasteiger partial charge < -0.3 is 0 Å². The van der Waals surface area contributed by atoms with Gasteiger partial charge in [-0.1, -0.05) is 33.3 Å². The minimum atomic E-state index is 0.465. The lowest BCUT2D eigenvalue weighted by atomic mass is 9.83. The lowest BCUT2D eigenvalue weighted by Gasteiger charge is -2.23. The summed E-state index contributed by atoms with van der Waals surface area (Å²) in [5.74, 6) is 0. The summed E-state index contributed by atoms with van der Waals surface area (Å²) in [5, 5.41) is 0. The van der Waals surface area contributed by atoms with E-state index in [0.717, 1.165) is 6.42 Å². The topological polar surface area (TPSA) is 12.9 Å². The normalized spacial score (nSPS) is 11.6. The van der Waals surface area contributed by atoms with Crippen molar-refractivity contribution in [1.29, 1.82) is 0 Å². The summed E-state index contributed by atoms with van der Waals surface area (Å²) >= 11 is 0. The Labute approximate surface area is 87.6 Å². The number of nitrogens with zero attached hydrogens (tertiary/aromatic N) is 1. The van der Waals surface area contributed by atoms with Gasteiger partial charge in [0.15, 0.2) is 0 Å². The average Bonchev–Trinajstić information content (AvgIpc) is 2.17. The molecule has 0 bridgehead atoms. The Morgan fingerprint density at radius 1 is 1.21 bits per heavy atom. The molecule has 0 radical (unpaired) electrons. The standard InChI is InChI=1S/C13H21N/c1-4-9-13(2,3)10-8-12-7-5-6-11-14-12/h5-7,11H,4,8-10H2,1-3H3. The minimum absolute atomic E-state index is 0.465. The van der Waals surface area contributed by atoms with Gasteiger partial charge in [0.25, 0.3) is 0 Å². The van der Waals surface area contributed by atoms with Crippen LogP contribution >= 0.6 is 0 Å². The van der Waals surface area contributed by atoms with Crippen molar-refractivity contribution in [3.05, 3.63) is 30.1 Å². The zero-order valence-corrected chi connectivity index (χ0v) is 9.59. The summed E-state index contributed by atoms with van der Waals surface area (Å²) in [6, 6.07) is 6.15. The molecule has 0 N–H and O–H groups in total. The lowest BCUT2D eigenvalue weighted by molar-refractivity contribution is 0.303. The summed E-state index contributed by atoms with van der Waals surface area (Å²) in [4.78, 5) is 4.34. The average molecular weight is 191 g/mol. The van der Waals surface area contributed by atoms with Crippen LogP contribution in [-0.2, 0) is 6.42 Å². The van der Waals surface area contributed by atoms with E-state index in [0.29, 0.717) is 5.41 Å². The van der Waals surface area contributed by atoms with E-state index in [1.807, 2.05) is 12.3 Å². The van der Waals surface area contributed by atoms with Crippen molar-refractivity contribution in [1.82, 2.24) is 4.98 Å². The van der Waals surface area contributed by atoms with Gasteiger partial charge in [0.2, 0.25) is 0 Å². The molecule has 0 saturated carbocycles. The van der Waals surface area contributed by atoms with Crippen molar-refractivity contribution in [3.63, 3.8) is 0 Å². The van der Waals surface area contributed by atoms with Crippen molar-refractivity contribution in [2.75, 3.05) is 0 Å². The van der Waals surface area contributed by atoms with Crippen LogP contribution in [0.4, 0.5) is 0 Å². The smallest absolute Gasteiger partial charge is 0.0403 e. The van der Waals surface area contributed by atoms with Gasteiger partial charge in [0.1, 0.15) is 0 Å². The van der Waals surface area contributed by atoms with Gasteiger partial charge in [-0.15, -0.1) is 0 Å². The molecule has 1 nitrogen and oxygen atoms in total. The fraction of sp³-hybridized carbons (Fsp3) is 0.615. The molecule has 1 aromatic rings. The SMILES string of the molecule is CCCC(C)(C)CCc1ccccn1. The van der Waals surface area contributed by atoms with Gasteiger partial charge in [-0.05, 0) is 36.8 Å². The predicted octanol–water partition coefficient (Wildman–Crippen LogP) is 3.84. The van der Waals surface area contributed by atoms with Crippen LogP contribution in [0.3, 0.4) is 0 Å². The Morgan fingerprint density at radius 2 is 2.00 bits per heavy atom. The fourth-order valence-corrected chi connectivity index (χ4v) is 1.81. The molecule has 14 heavy (non-hydrogen) atoms. The second kappa shape index (κ2) is 5.14. The quantitative estimate of drug-likeness (QED) is 0.689. The van der Waals surface area contributed by atoms with E-state index in [2.05, 4.69) is 37.9 Å².